The molecule has 0 saturated heterocycles. The predicted molar refractivity (Wildman–Crippen MR) is 100 cm³/mol. The van der Waals surface area contributed by atoms with Crippen molar-refractivity contribution in [2.45, 2.75) is 12.5 Å². The summed E-state index contributed by atoms with van der Waals surface area (Å²) in [5.74, 6) is 0. The smallest absolute Gasteiger partial charge is 0.141 e. The Morgan fingerprint density at radius 2 is 1.28 bits per heavy atom. The van der Waals surface area contributed by atoms with Gasteiger partial charge in [-0.3, -0.25) is 0 Å². The maximum Gasteiger partial charge on any atom is 0.141 e. The molecule has 1 N–H and O–H groups in total. The highest BCUT2D eigenvalue weighted by molar-refractivity contribution is 6.34. The lowest BCUT2D eigenvalue weighted by molar-refractivity contribution is 0.0872. The van der Waals surface area contributed by atoms with Crippen LogP contribution in [0.1, 0.15) is 18.3 Å². The van der Waals surface area contributed by atoms with Gasteiger partial charge in [0, 0.05) is 37.3 Å². The molecule has 4 aromatic rings. The first-order chi connectivity index (χ1) is 11.8. The van der Waals surface area contributed by atoms with Crippen molar-refractivity contribution in [1.82, 2.24) is 19.1 Å². The van der Waals surface area contributed by atoms with Gasteiger partial charge in [-0.2, -0.15) is 0 Å². The van der Waals surface area contributed by atoms with E-state index in [0.29, 0.717) is 21.7 Å². The van der Waals surface area contributed by atoms with Crippen molar-refractivity contribution < 1.29 is 5.11 Å². The van der Waals surface area contributed by atoms with Gasteiger partial charge >= 0.3 is 0 Å². The van der Waals surface area contributed by atoms with Crippen LogP contribution in [0.2, 0.25) is 10.3 Å². The van der Waals surface area contributed by atoms with Gasteiger partial charge in [-0.15, -0.1) is 0 Å². The molecule has 0 amide bonds. The Kier molecular flexibility index (Phi) is 3.58. The van der Waals surface area contributed by atoms with Gasteiger partial charge in [0.25, 0.3) is 0 Å². The van der Waals surface area contributed by atoms with E-state index in [9.17, 15) is 5.11 Å². The zero-order valence-electron chi connectivity index (χ0n) is 14.0. The summed E-state index contributed by atoms with van der Waals surface area (Å²) >= 11 is 12.4. The molecule has 0 aliphatic carbocycles. The highest BCUT2D eigenvalue weighted by Gasteiger charge is 2.33. The number of aryl methyl sites for hydroxylation is 2. The zero-order valence-corrected chi connectivity index (χ0v) is 15.5. The summed E-state index contributed by atoms with van der Waals surface area (Å²) in [4.78, 5) is 8.24. The second kappa shape index (κ2) is 5.46. The number of aromatic nitrogens is 4. The maximum atomic E-state index is 11.4. The third-order valence-electron chi connectivity index (χ3n) is 4.84. The SMILES string of the molecule is Cn1c(C(C)(O)c2cc3c(Cl)nccc3n2C)cc2c(Cl)nccc21. The van der Waals surface area contributed by atoms with E-state index in [1.54, 1.807) is 19.3 Å². The van der Waals surface area contributed by atoms with Crippen LogP contribution in [0.3, 0.4) is 0 Å². The van der Waals surface area contributed by atoms with Crippen molar-refractivity contribution in [2.24, 2.45) is 14.1 Å². The van der Waals surface area contributed by atoms with Gasteiger partial charge in [-0.25, -0.2) is 9.97 Å². The summed E-state index contributed by atoms with van der Waals surface area (Å²) in [6, 6.07) is 7.51. The van der Waals surface area contributed by atoms with Crippen LogP contribution < -0.4 is 0 Å². The molecular formula is C18H16Cl2N4O. The van der Waals surface area contributed by atoms with Gasteiger partial charge < -0.3 is 14.2 Å². The van der Waals surface area contributed by atoms with Crippen molar-refractivity contribution in [3.05, 3.63) is 58.4 Å². The molecule has 25 heavy (non-hydrogen) atoms. The van der Waals surface area contributed by atoms with E-state index in [2.05, 4.69) is 9.97 Å². The molecule has 4 heterocycles. The van der Waals surface area contributed by atoms with Crippen molar-refractivity contribution >= 4 is 45.0 Å². The predicted octanol–water partition coefficient (Wildman–Crippen LogP) is 4.02. The minimum atomic E-state index is -1.26. The molecular weight excluding hydrogens is 359 g/mol. The van der Waals surface area contributed by atoms with E-state index in [0.717, 1.165) is 21.8 Å². The fourth-order valence-corrected chi connectivity index (χ4v) is 3.94. The van der Waals surface area contributed by atoms with Crippen LogP contribution in [0.5, 0.6) is 0 Å². The van der Waals surface area contributed by atoms with E-state index in [1.807, 2.05) is 47.5 Å². The van der Waals surface area contributed by atoms with Crippen LogP contribution >= 0.6 is 23.2 Å². The number of pyridine rings is 2. The van der Waals surface area contributed by atoms with E-state index in [-0.39, 0.29) is 0 Å². The molecule has 0 aromatic carbocycles. The number of halogens is 2. The Hall–Kier alpha value is -2.08. The lowest BCUT2D eigenvalue weighted by Crippen LogP contribution is -2.28. The van der Waals surface area contributed by atoms with E-state index in [4.69, 9.17) is 23.2 Å². The first-order valence-corrected chi connectivity index (χ1v) is 8.51. The molecule has 5 nitrogen and oxygen atoms in total. The first kappa shape index (κ1) is 16.4. The third-order valence-corrected chi connectivity index (χ3v) is 5.44. The van der Waals surface area contributed by atoms with Gasteiger partial charge in [0.05, 0.1) is 22.4 Å². The topological polar surface area (TPSA) is 55.9 Å². The summed E-state index contributed by atoms with van der Waals surface area (Å²) in [6.07, 6.45) is 3.32. The summed E-state index contributed by atoms with van der Waals surface area (Å²) in [5.41, 5.74) is 2.00. The van der Waals surface area contributed by atoms with Gasteiger partial charge in [0.15, 0.2) is 0 Å². The fraction of sp³-hybridized carbons (Fsp3) is 0.222. The Morgan fingerprint density at radius 3 is 1.64 bits per heavy atom. The molecule has 128 valence electrons. The third kappa shape index (κ3) is 2.27. The number of nitrogens with zero attached hydrogens (tertiary/aromatic N) is 4. The lowest BCUT2D eigenvalue weighted by atomic mass is 9.97. The largest absolute Gasteiger partial charge is 0.378 e. The molecule has 4 aromatic heterocycles. The maximum absolute atomic E-state index is 11.4. The summed E-state index contributed by atoms with van der Waals surface area (Å²) in [5, 5.41) is 13.9. The standard InChI is InChI=1S/C18H16Cl2N4O/c1-18(25,14-8-10-12(23(14)2)4-6-21-16(10)19)15-9-11-13(24(15)3)5-7-22-17(11)20/h4-9,25H,1-3H3. The molecule has 4 rings (SSSR count). The fourth-order valence-electron chi connectivity index (χ4n) is 3.52. The van der Waals surface area contributed by atoms with Crippen LogP contribution in [0, 0.1) is 0 Å². The molecule has 0 unspecified atom stereocenters. The summed E-state index contributed by atoms with van der Waals surface area (Å²) in [6.45, 7) is 1.76. The van der Waals surface area contributed by atoms with Crippen LogP contribution in [-0.4, -0.2) is 24.2 Å². The Labute approximate surface area is 154 Å². The van der Waals surface area contributed by atoms with Crippen LogP contribution in [-0.2, 0) is 19.7 Å². The number of aliphatic hydroxyl groups is 1. The van der Waals surface area contributed by atoms with Crippen LogP contribution in [0.4, 0.5) is 0 Å². The minimum absolute atomic E-state index is 0.416. The Bertz CT molecular complexity index is 1040. The second-order valence-electron chi connectivity index (χ2n) is 6.32. The van der Waals surface area contributed by atoms with E-state index in [1.165, 1.54) is 0 Å². The first-order valence-electron chi connectivity index (χ1n) is 7.75. The second-order valence-corrected chi connectivity index (χ2v) is 7.03. The number of fused-ring (bicyclic) bond motifs is 2. The molecule has 0 radical (unpaired) electrons. The van der Waals surface area contributed by atoms with Gasteiger partial charge in [-0.1, -0.05) is 23.2 Å². The summed E-state index contributed by atoms with van der Waals surface area (Å²) < 4.78 is 3.86. The van der Waals surface area contributed by atoms with Gasteiger partial charge in [0.1, 0.15) is 15.9 Å². The van der Waals surface area contributed by atoms with Crippen molar-refractivity contribution in [3.8, 4) is 0 Å². The zero-order chi connectivity index (χ0) is 17.9. The monoisotopic (exact) mass is 374 g/mol. The highest BCUT2D eigenvalue weighted by atomic mass is 35.5. The lowest BCUT2D eigenvalue weighted by Gasteiger charge is -2.25. The molecule has 0 atom stereocenters. The van der Waals surface area contributed by atoms with Crippen molar-refractivity contribution in [1.29, 1.82) is 0 Å². The normalized spacial score (nSPS) is 12.4. The van der Waals surface area contributed by atoms with Crippen molar-refractivity contribution in [3.63, 3.8) is 0 Å². The molecule has 0 aliphatic rings. The number of hydrogen-bond acceptors (Lipinski definition) is 3. The van der Waals surface area contributed by atoms with Crippen LogP contribution in [0.25, 0.3) is 21.8 Å². The molecule has 0 fully saturated rings. The van der Waals surface area contributed by atoms with E-state index < -0.39 is 5.60 Å². The minimum Gasteiger partial charge on any atom is -0.378 e. The number of rotatable bonds is 2. The molecule has 0 spiro atoms. The average molecular weight is 375 g/mol. The van der Waals surface area contributed by atoms with Gasteiger partial charge in [-0.05, 0) is 31.2 Å². The molecule has 0 saturated carbocycles. The molecule has 0 bridgehead atoms. The van der Waals surface area contributed by atoms with Crippen molar-refractivity contribution in [2.75, 3.05) is 0 Å². The molecule has 7 heteroatoms. The number of hydrogen-bond donors (Lipinski definition) is 1. The summed E-state index contributed by atoms with van der Waals surface area (Å²) in [7, 11) is 3.80. The quantitative estimate of drug-likeness (QED) is 0.539. The molecule has 0 aliphatic heterocycles. The highest BCUT2D eigenvalue weighted by Crippen LogP contribution is 2.37. The average Bonchev–Trinajstić information content (AvgIpc) is 3.09. The Morgan fingerprint density at radius 1 is 0.880 bits per heavy atom. The Balaban J connectivity index is 1.99. The van der Waals surface area contributed by atoms with Crippen LogP contribution in [0.15, 0.2) is 36.7 Å². The van der Waals surface area contributed by atoms with Gasteiger partial charge in [0.2, 0.25) is 0 Å². The van der Waals surface area contributed by atoms with E-state index >= 15 is 0 Å².